The molecule has 10 heavy (non-hydrogen) atoms. The van der Waals surface area contributed by atoms with E-state index >= 15 is 0 Å². The fourth-order valence-corrected chi connectivity index (χ4v) is 0.625. The molecule has 0 bridgehead atoms. The highest BCUT2D eigenvalue weighted by Gasteiger charge is 2.01. The average molecular weight is 140 g/mol. The van der Waals surface area contributed by atoms with Crippen LogP contribution >= 0.6 is 0 Å². The summed E-state index contributed by atoms with van der Waals surface area (Å²) in [5, 5.41) is 3.55. The van der Waals surface area contributed by atoms with Gasteiger partial charge in [-0.05, 0) is 14.1 Å². The van der Waals surface area contributed by atoms with Gasteiger partial charge < -0.3 is 9.42 Å². The molecular formula is C6H10N3O. The van der Waals surface area contributed by atoms with Crippen molar-refractivity contribution < 1.29 is 4.52 Å². The van der Waals surface area contributed by atoms with E-state index in [0.717, 1.165) is 0 Å². The maximum atomic E-state index is 4.81. The largest absolute Gasteiger partial charge is 0.338 e. The Hall–Kier alpha value is -0.900. The van der Waals surface area contributed by atoms with Gasteiger partial charge in [0.05, 0.1) is 6.54 Å². The molecule has 0 N–H and O–H groups in total. The van der Waals surface area contributed by atoms with Crippen LogP contribution in [0, 0.1) is 6.92 Å². The van der Waals surface area contributed by atoms with Crippen LogP contribution in [0.2, 0.25) is 0 Å². The van der Waals surface area contributed by atoms with Crippen molar-refractivity contribution in [2.24, 2.45) is 0 Å². The van der Waals surface area contributed by atoms with Crippen LogP contribution in [0.4, 0.5) is 0 Å². The number of rotatable bonds is 2. The first-order chi connectivity index (χ1) is 4.68. The summed E-state index contributed by atoms with van der Waals surface area (Å²) in [6.45, 7) is 4.18. The van der Waals surface area contributed by atoms with Crippen molar-refractivity contribution in [3.63, 3.8) is 0 Å². The topological polar surface area (TPSA) is 42.2 Å². The number of hydrogen-bond donors (Lipinski definition) is 0. The van der Waals surface area contributed by atoms with E-state index in [1.165, 1.54) is 0 Å². The first kappa shape index (κ1) is 7.21. The molecule has 1 heterocycles. The van der Waals surface area contributed by atoms with Gasteiger partial charge in [-0.15, -0.1) is 0 Å². The van der Waals surface area contributed by atoms with Crippen molar-refractivity contribution in [3.8, 4) is 0 Å². The van der Waals surface area contributed by atoms with Crippen LogP contribution in [0.15, 0.2) is 4.52 Å². The fourth-order valence-electron chi connectivity index (χ4n) is 0.625. The van der Waals surface area contributed by atoms with E-state index in [-0.39, 0.29) is 0 Å². The van der Waals surface area contributed by atoms with E-state index in [0.29, 0.717) is 18.3 Å². The smallest absolute Gasteiger partial charge is 0.240 e. The van der Waals surface area contributed by atoms with Crippen molar-refractivity contribution in [2.45, 2.75) is 6.54 Å². The third-order valence-electron chi connectivity index (χ3n) is 0.962. The highest BCUT2D eigenvalue weighted by molar-refractivity contribution is 4.88. The Kier molecular flexibility index (Phi) is 2.01. The van der Waals surface area contributed by atoms with E-state index in [1.54, 1.807) is 0 Å². The fraction of sp³-hybridized carbons (Fsp3) is 0.500. The number of aromatic nitrogens is 2. The van der Waals surface area contributed by atoms with Gasteiger partial charge in [0.2, 0.25) is 5.89 Å². The Balaban J connectivity index is 2.58. The van der Waals surface area contributed by atoms with Crippen LogP contribution in [-0.4, -0.2) is 29.1 Å². The summed E-state index contributed by atoms with van der Waals surface area (Å²) in [5.41, 5.74) is 0. The highest BCUT2D eigenvalue weighted by atomic mass is 16.5. The lowest BCUT2D eigenvalue weighted by molar-refractivity contribution is 0.302. The minimum atomic E-state index is 0.442. The third-order valence-corrected chi connectivity index (χ3v) is 0.962. The Morgan fingerprint density at radius 2 is 2.30 bits per heavy atom. The van der Waals surface area contributed by atoms with Gasteiger partial charge >= 0.3 is 0 Å². The van der Waals surface area contributed by atoms with Crippen LogP contribution < -0.4 is 0 Å². The molecule has 1 rings (SSSR count). The lowest BCUT2D eigenvalue weighted by Gasteiger charge is -2.02. The highest BCUT2D eigenvalue weighted by Crippen LogP contribution is 1.97. The zero-order valence-electron chi connectivity index (χ0n) is 6.16. The molecule has 0 spiro atoms. The molecule has 0 fully saturated rings. The Morgan fingerprint density at radius 3 is 2.70 bits per heavy atom. The van der Waals surface area contributed by atoms with Crippen LogP contribution in [-0.2, 0) is 6.54 Å². The van der Waals surface area contributed by atoms with Crippen LogP contribution in [0.25, 0.3) is 0 Å². The molecule has 0 aliphatic heterocycles. The molecule has 0 saturated carbocycles. The maximum Gasteiger partial charge on any atom is 0.240 e. The number of hydrogen-bond acceptors (Lipinski definition) is 4. The number of nitrogens with zero attached hydrogens (tertiary/aromatic N) is 3. The molecule has 55 valence electrons. The lowest BCUT2D eigenvalue weighted by atomic mass is 10.6. The van der Waals surface area contributed by atoms with E-state index in [4.69, 9.17) is 4.52 Å². The molecule has 0 saturated heterocycles. The quantitative estimate of drug-likeness (QED) is 0.593. The van der Waals surface area contributed by atoms with Crippen LogP contribution in [0.1, 0.15) is 11.7 Å². The molecule has 4 heteroatoms. The summed E-state index contributed by atoms with van der Waals surface area (Å²) < 4.78 is 4.81. The Labute approximate surface area is 59.8 Å². The molecule has 0 atom stereocenters. The second kappa shape index (κ2) is 2.79. The molecule has 1 aromatic rings. The van der Waals surface area contributed by atoms with Crippen LogP contribution in [0.5, 0.6) is 0 Å². The van der Waals surface area contributed by atoms with Gasteiger partial charge in [-0.25, -0.2) is 0 Å². The first-order valence-electron chi connectivity index (χ1n) is 2.98. The minimum Gasteiger partial charge on any atom is -0.338 e. The van der Waals surface area contributed by atoms with Crippen molar-refractivity contribution in [3.05, 3.63) is 18.6 Å². The van der Waals surface area contributed by atoms with Gasteiger partial charge in [0.1, 0.15) is 0 Å². The molecule has 1 radical (unpaired) electrons. The zero-order chi connectivity index (χ0) is 7.56. The average Bonchev–Trinajstić information content (AvgIpc) is 2.13. The van der Waals surface area contributed by atoms with E-state index in [2.05, 4.69) is 17.1 Å². The van der Waals surface area contributed by atoms with Gasteiger partial charge in [0.15, 0.2) is 5.82 Å². The van der Waals surface area contributed by atoms with Crippen molar-refractivity contribution in [1.82, 2.24) is 15.0 Å². The standard InChI is InChI=1S/C6H10N3O/c1-5-7-6(10-8-5)4-9(2)3/h1,4H2,2-3H3. The van der Waals surface area contributed by atoms with Gasteiger partial charge in [-0.2, -0.15) is 4.98 Å². The molecule has 0 aliphatic carbocycles. The van der Waals surface area contributed by atoms with Gasteiger partial charge in [-0.1, -0.05) is 5.16 Å². The second-order valence-corrected chi connectivity index (χ2v) is 2.34. The minimum absolute atomic E-state index is 0.442. The summed E-state index contributed by atoms with van der Waals surface area (Å²) >= 11 is 0. The lowest BCUT2D eigenvalue weighted by Crippen LogP contribution is -2.10. The molecule has 0 aliphatic rings. The van der Waals surface area contributed by atoms with Crippen molar-refractivity contribution >= 4 is 0 Å². The molecule has 0 amide bonds. The molecule has 1 aromatic heterocycles. The summed E-state index contributed by atoms with van der Waals surface area (Å²) in [7, 11) is 3.87. The maximum absolute atomic E-state index is 4.81. The Bertz CT molecular complexity index is 207. The second-order valence-electron chi connectivity index (χ2n) is 2.34. The predicted octanol–water partition coefficient (Wildman–Crippen LogP) is 0.313. The summed E-state index contributed by atoms with van der Waals surface area (Å²) in [6, 6.07) is 0. The normalized spacial score (nSPS) is 10.8. The van der Waals surface area contributed by atoms with Gasteiger partial charge in [0, 0.05) is 6.92 Å². The molecule has 4 nitrogen and oxygen atoms in total. The van der Waals surface area contributed by atoms with E-state index in [9.17, 15) is 0 Å². The van der Waals surface area contributed by atoms with Crippen molar-refractivity contribution in [1.29, 1.82) is 0 Å². The summed E-state index contributed by atoms with van der Waals surface area (Å²) in [5.74, 6) is 1.05. The van der Waals surface area contributed by atoms with Gasteiger partial charge in [-0.3, -0.25) is 0 Å². The van der Waals surface area contributed by atoms with Crippen molar-refractivity contribution in [2.75, 3.05) is 14.1 Å². The molecule has 0 aromatic carbocycles. The zero-order valence-corrected chi connectivity index (χ0v) is 6.16. The molecule has 0 unspecified atom stereocenters. The summed E-state index contributed by atoms with van der Waals surface area (Å²) in [4.78, 5) is 5.87. The summed E-state index contributed by atoms with van der Waals surface area (Å²) in [6.07, 6.45) is 0. The monoisotopic (exact) mass is 140 g/mol. The third kappa shape index (κ3) is 1.80. The predicted molar refractivity (Wildman–Crippen MR) is 36.1 cm³/mol. The van der Waals surface area contributed by atoms with E-state index < -0.39 is 0 Å². The SMILES string of the molecule is [CH2]c1noc(CN(C)C)n1. The van der Waals surface area contributed by atoms with Gasteiger partial charge in [0.25, 0.3) is 0 Å². The first-order valence-corrected chi connectivity index (χ1v) is 2.98. The van der Waals surface area contributed by atoms with Crippen LogP contribution in [0.3, 0.4) is 0 Å². The Morgan fingerprint density at radius 1 is 1.60 bits per heavy atom. The molecular weight excluding hydrogens is 130 g/mol. The van der Waals surface area contributed by atoms with E-state index in [1.807, 2.05) is 19.0 Å².